The highest BCUT2D eigenvalue weighted by Gasteiger charge is 2.31. The van der Waals surface area contributed by atoms with E-state index in [0.29, 0.717) is 5.56 Å². The Hall–Kier alpha value is -4.05. The molecular weight excluding hydrogens is 477 g/mol. The summed E-state index contributed by atoms with van der Waals surface area (Å²) in [6.07, 6.45) is -2.75. The number of carbonyl (C=O) groups is 1. The van der Waals surface area contributed by atoms with E-state index in [9.17, 15) is 18.0 Å². The first kappa shape index (κ1) is 22.7. The predicted molar refractivity (Wildman–Crippen MR) is 127 cm³/mol. The van der Waals surface area contributed by atoms with Gasteiger partial charge in [0.2, 0.25) is 5.91 Å². The molecule has 0 radical (unpaired) electrons. The molecule has 0 aliphatic carbocycles. The Morgan fingerprint density at radius 3 is 2.54 bits per heavy atom. The molecule has 1 unspecified atom stereocenters. The van der Waals surface area contributed by atoms with Crippen molar-refractivity contribution in [3.63, 3.8) is 0 Å². The Labute approximate surface area is 201 Å². The van der Waals surface area contributed by atoms with E-state index in [1.807, 2.05) is 24.3 Å². The van der Waals surface area contributed by atoms with Crippen LogP contribution in [0, 0.1) is 0 Å². The second-order valence-corrected chi connectivity index (χ2v) is 8.65. The SMILES string of the molecule is O=C(Nc1cccc(C(F)(F)F)c1)C(Sc1nnc(-c2c[nH]c3ccccc23)o1)c1ccccc1. The number of amides is 1. The number of thioether (sulfide) groups is 1. The molecule has 3 aromatic carbocycles. The number of anilines is 1. The summed E-state index contributed by atoms with van der Waals surface area (Å²) in [5.74, 6) is -0.234. The highest BCUT2D eigenvalue weighted by Crippen LogP contribution is 2.38. The minimum absolute atomic E-state index is 0.0383. The van der Waals surface area contributed by atoms with E-state index in [4.69, 9.17) is 4.42 Å². The lowest BCUT2D eigenvalue weighted by Gasteiger charge is -2.16. The second kappa shape index (κ2) is 9.30. The Balaban J connectivity index is 1.41. The van der Waals surface area contributed by atoms with Crippen molar-refractivity contribution in [1.29, 1.82) is 0 Å². The van der Waals surface area contributed by atoms with Crippen LogP contribution in [-0.2, 0) is 11.0 Å². The van der Waals surface area contributed by atoms with E-state index in [2.05, 4.69) is 20.5 Å². The van der Waals surface area contributed by atoms with Crippen molar-refractivity contribution in [3.05, 3.63) is 96.2 Å². The van der Waals surface area contributed by atoms with Gasteiger partial charge in [-0.15, -0.1) is 10.2 Å². The van der Waals surface area contributed by atoms with E-state index < -0.39 is 22.9 Å². The summed E-state index contributed by atoms with van der Waals surface area (Å²) in [7, 11) is 0. The minimum Gasteiger partial charge on any atom is -0.411 e. The van der Waals surface area contributed by atoms with Gasteiger partial charge in [-0.3, -0.25) is 4.79 Å². The molecule has 0 spiro atoms. The van der Waals surface area contributed by atoms with Gasteiger partial charge in [0.05, 0.1) is 11.1 Å². The molecule has 2 aromatic heterocycles. The van der Waals surface area contributed by atoms with Crippen molar-refractivity contribution >= 4 is 34.3 Å². The zero-order chi connectivity index (χ0) is 24.4. The van der Waals surface area contributed by atoms with Gasteiger partial charge in [0.15, 0.2) is 0 Å². The minimum atomic E-state index is -4.52. The number of nitrogens with one attached hydrogen (secondary N) is 2. The maximum Gasteiger partial charge on any atom is 0.416 e. The Bertz CT molecular complexity index is 1480. The van der Waals surface area contributed by atoms with Crippen LogP contribution >= 0.6 is 11.8 Å². The van der Waals surface area contributed by atoms with Crippen molar-refractivity contribution in [3.8, 4) is 11.5 Å². The summed E-state index contributed by atoms with van der Waals surface area (Å²) in [6, 6.07) is 21.0. The number of benzene rings is 3. The third-order valence-electron chi connectivity index (χ3n) is 5.24. The van der Waals surface area contributed by atoms with Crippen LogP contribution in [0.5, 0.6) is 0 Å². The van der Waals surface area contributed by atoms with Crippen LogP contribution < -0.4 is 5.32 Å². The maximum absolute atomic E-state index is 13.2. The fourth-order valence-electron chi connectivity index (χ4n) is 3.60. The molecule has 2 heterocycles. The maximum atomic E-state index is 13.2. The molecule has 5 aromatic rings. The van der Waals surface area contributed by atoms with Crippen LogP contribution in [0.1, 0.15) is 16.4 Å². The molecule has 1 atom stereocenters. The molecule has 5 rings (SSSR count). The van der Waals surface area contributed by atoms with Crippen LogP contribution in [0.4, 0.5) is 18.9 Å². The number of para-hydroxylation sites is 1. The standard InChI is InChI=1S/C25H17F3N4O2S/c26-25(27,28)16-9-6-10-17(13-16)30-22(33)21(15-7-2-1-3-8-15)35-24-32-31-23(34-24)19-14-29-20-12-5-4-11-18(19)20/h1-14,21,29H,(H,30,33). The molecule has 10 heteroatoms. The average Bonchev–Trinajstić information content (AvgIpc) is 3.49. The number of alkyl halides is 3. The summed E-state index contributed by atoms with van der Waals surface area (Å²) < 4.78 is 45.1. The molecule has 0 fully saturated rings. The first-order valence-corrected chi connectivity index (χ1v) is 11.4. The van der Waals surface area contributed by atoms with Crippen LogP contribution in [-0.4, -0.2) is 21.1 Å². The van der Waals surface area contributed by atoms with Gasteiger partial charge in [0.25, 0.3) is 11.1 Å². The largest absolute Gasteiger partial charge is 0.416 e. The quantitative estimate of drug-likeness (QED) is 0.256. The van der Waals surface area contributed by atoms with Gasteiger partial charge in [-0.25, -0.2) is 0 Å². The monoisotopic (exact) mass is 494 g/mol. The number of carbonyl (C=O) groups excluding carboxylic acids is 1. The Kier molecular flexibility index (Phi) is 6.04. The van der Waals surface area contributed by atoms with E-state index in [0.717, 1.165) is 40.4 Å². The van der Waals surface area contributed by atoms with Crippen LogP contribution in [0.3, 0.4) is 0 Å². The van der Waals surface area contributed by atoms with Crippen molar-refractivity contribution < 1.29 is 22.4 Å². The highest BCUT2D eigenvalue weighted by molar-refractivity contribution is 8.00. The zero-order valence-electron chi connectivity index (χ0n) is 17.9. The first-order chi connectivity index (χ1) is 16.9. The summed E-state index contributed by atoms with van der Waals surface area (Å²) >= 11 is 1.02. The Morgan fingerprint density at radius 1 is 0.971 bits per heavy atom. The van der Waals surface area contributed by atoms with Crippen LogP contribution in [0.25, 0.3) is 22.4 Å². The molecule has 176 valence electrons. The van der Waals surface area contributed by atoms with Gasteiger partial charge in [-0.05, 0) is 41.6 Å². The lowest BCUT2D eigenvalue weighted by Crippen LogP contribution is -2.19. The molecular formula is C25H17F3N4O2S. The van der Waals surface area contributed by atoms with Crippen molar-refractivity contribution in [2.75, 3.05) is 5.32 Å². The third kappa shape index (κ3) is 4.92. The number of hydrogen-bond donors (Lipinski definition) is 2. The number of nitrogens with zero attached hydrogens (tertiary/aromatic N) is 2. The van der Waals surface area contributed by atoms with Gasteiger partial charge in [-0.1, -0.05) is 54.6 Å². The van der Waals surface area contributed by atoms with E-state index in [1.54, 1.807) is 36.5 Å². The molecule has 0 aliphatic rings. The first-order valence-electron chi connectivity index (χ1n) is 10.5. The van der Waals surface area contributed by atoms with Crippen molar-refractivity contribution in [1.82, 2.24) is 15.2 Å². The lowest BCUT2D eigenvalue weighted by molar-refractivity contribution is -0.137. The number of halogens is 3. The molecule has 0 bridgehead atoms. The molecule has 35 heavy (non-hydrogen) atoms. The summed E-state index contributed by atoms with van der Waals surface area (Å²) in [4.78, 5) is 16.3. The van der Waals surface area contributed by atoms with Gasteiger partial charge in [0, 0.05) is 22.8 Å². The van der Waals surface area contributed by atoms with Crippen molar-refractivity contribution in [2.24, 2.45) is 0 Å². The second-order valence-electron chi connectivity index (χ2n) is 7.60. The number of rotatable bonds is 6. The van der Waals surface area contributed by atoms with E-state index in [1.165, 1.54) is 12.1 Å². The molecule has 2 N–H and O–H groups in total. The molecule has 0 saturated heterocycles. The third-order valence-corrected chi connectivity index (χ3v) is 6.33. The van der Waals surface area contributed by atoms with Crippen molar-refractivity contribution in [2.45, 2.75) is 16.6 Å². The molecule has 0 saturated carbocycles. The number of H-pyrrole nitrogens is 1. The smallest absolute Gasteiger partial charge is 0.411 e. The average molecular weight is 494 g/mol. The lowest BCUT2D eigenvalue weighted by atomic mass is 10.1. The number of hydrogen-bond acceptors (Lipinski definition) is 5. The molecule has 1 amide bonds. The van der Waals surface area contributed by atoms with Gasteiger partial charge >= 0.3 is 6.18 Å². The number of aromatic nitrogens is 3. The highest BCUT2D eigenvalue weighted by atomic mass is 32.2. The van der Waals surface area contributed by atoms with E-state index in [-0.39, 0.29) is 16.8 Å². The van der Waals surface area contributed by atoms with Crippen LogP contribution in [0.15, 0.2) is 94.7 Å². The Morgan fingerprint density at radius 2 is 1.74 bits per heavy atom. The summed E-state index contributed by atoms with van der Waals surface area (Å²) in [5.41, 5.74) is 1.46. The number of aromatic amines is 1. The number of fused-ring (bicyclic) bond motifs is 1. The predicted octanol–water partition coefficient (Wildman–Crippen LogP) is 6.71. The zero-order valence-corrected chi connectivity index (χ0v) is 18.7. The molecule has 0 aliphatic heterocycles. The van der Waals surface area contributed by atoms with E-state index >= 15 is 0 Å². The summed E-state index contributed by atoms with van der Waals surface area (Å²) in [5, 5.41) is 11.0. The van der Waals surface area contributed by atoms with Gasteiger partial charge in [0.1, 0.15) is 5.25 Å². The summed E-state index contributed by atoms with van der Waals surface area (Å²) in [6.45, 7) is 0. The fourth-order valence-corrected chi connectivity index (χ4v) is 4.47. The van der Waals surface area contributed by atoms with Gasteiger partial charge in [-0.2, -0.15) is 13.2 Å². The molecule has 6 nitrogen and oxygen atoms in total. The fraction of sp³-hybridized carbons (Fsp3) is 0.0800. The topological polar surface area (TPSA) is 83.8 Å². The normalized spacial score (nSPS) is 12.5. The van der Waals surface area contributed by atoms with Crippen LogP contribution in [0.2, 0.25) is 0 Å². The van der Waals surface area contributed by atoms with Gasteiger partial charge < -0.3 is 14.7 Å².